The summed E-state index contributed by atoms with van der Waals surface area (Å²) in [5.41, 5.74) is 3.15. The summed E-state index contributed by atoms with van der Waals surface area (Å²) in [5, 5.41) is 12.0. The van der Waals surface area contributed by atoms with Crippen LogP contribution in [0.15, 0.2) is 36.4 Å². The summed E-state index contributed by atoms with van der Waals surface area (Å²) in [5.74, 6) is 0.649. The molecule has 2 aromatic rings. The highest BCUT2D eigenvalue weighted by molar-refractivity contribution is 8.00. The molecular weight excluding hydrogens is 404 g/mol. The van der Waals surface area contributed by atoms with Gasteiger partial charge >= 0.3 is 0 Å². The largest absolute Gasteiger partial charge is 0.326 e. The number of hydrogen-bond acceptors (Lipinski definition) is 5. The van der Waals surface area contributed by atoms with Gasteiger partial charge in [0, 0.05) is 27.3 Å². The molecular formula is C22H28N2O3S2. The molecule has 3 N–H and O–H groups in total. The molecule has 156 valence electrons. The van der Waals surface area contributed by atoms with Crippen molar-refractivity contribution in [2.45, 2.75) is 51.2 Å². The zero-order valence-electron chi connectivity index (χ0n) is 17.1. The number of benzene rings is 1. The normalized spacial score (nSPS) is 19.6. The molecule has 0 spiro atoms. The molecule has 2 heterocycles. The van der Waals surface area contributed by atoms with Crippen molar-refractivity contribution in [3.8, 4) is 10.4 Å². The Hall–Kier alpha value is -1.83. The van der Waals surface area contributed by atoms with E-state index in [9.17, 15) is 9.59 Å². The Balaban J connectivity index is 1.86. The van der Waals surface area contributed by atoms with Gasteiger partial charge in [0.1, 0.15) is 0 Å². The van der Waals surface area contributed by atoms with Gasteiger partial charge < -0.3 is 5.32 Å². The molecule has 0 unspecified atom stereocenters. The maximum absolute atomic E-state index is 12.3. The molecule has 0 aliphatic carbocycles. The van der Waals surface area contributed by atoms with Crippen LogP contribution >= 0.6 is 23.1 Å². The molecule has 0 radical (unpaired) electrons. The molecule has 1 fully saturated rings. The van der Waals surface area contributed by atoms with E-state index in [0.717, 1.165) is 46.0 Å². The minimum atomic E-state index is -0.454. The van der Waals surface area contributed by atoms with E-state index in [4.69, 9.17) is 5.21 Å². The number of thioether (sulfide) groups is 1. The van der Waals surface area contributed by atoms with E-state index in [1.54, 1.807) is 16.8 Å². The zero-order valence-corrected chi connectivity index (χ0v) is 18.7. The molecule has 7 heteroatoms. The lowest BCUT2D eigenvalue weighted by Gasteiger charge is -2.35. The molecule has 0 bridgehead atoms. The molecule has 0 saturated carbocycles. The molecule has 2 amide bonds. The van der Waals surface area contributed by atoms with E-state index < -0.39 is 5.41 Å². The van der Waals surface area contributed by atoms with Crippen LogP contribution in [0, 0.1) is 5.41 Å². The number of hydrogen-bond donors (Lipinski definition) is 3. The number of carbonyl (C=O) groups excluding carboxylic acids is 2. The quantitative estimate of drug-likeness (QED) is 0.436. The lowest BCUT2D eigenvalue weighted by atomic mass is 9.94. The second-order valence-electron chi connectivity index (χ2n) is 8.46. The molecule has 5 nitrogen and oxygen atoms in total. The summed E-state index contributed by atoms with van der Waals surface area (Å²) >= 11 is 3.49. The van der Waals surface area contributed by atoms with E-state index in [0.29, 0.717) is 0 Å². The van der Waals surface area contributed by atoms with Crippen LogP contribution in [0.2, 0.25) is 0 Å². The van der Waals surface area contributed by atoms with Crippen molar-refractivity contribution >= 4 is 40.6 Å². The fraction of sp³-hybridized carbons (Fsp3) is 0.455. The first-order valence-corrected chi connectivity index (χ1v) is 11.6. The van der Waals surface area contributed by atoms with Crippen LogP contribution in [0.3, 0.4) is 0 Å². The Labute approximate surface area is 180 Å². The third-order valence-corrected chi connectivity index (χ3v) is 8.15. The van der Waals surface area contributed by atoms with Crippen LogP contribution in [0.5, 0.6) is 0 Å². The molecule has 1 aliphatic rings. The van der Waals surface area contributed by atoms with Crippen molar-refractivity contribution in [1.82, 2.24) is 5.48 Å². The summed E-state index contributed by atoms with van der Waals surface area (Å²) in [6, 6.07) is 12.0. The van der Waals surface area contributed by atoms with Gasteiger partial charge in [-0.2, -0.15) is 0 Å². The topological polar surface area (TPSA) is 78.4 Å². The first kappa shape index (κ1) is 21.9. The van der Waals surface area contributed by atoms with Crippen molar-refractivity contribution in [2.75, 3.05) is 11.1 Å². The summed E-state index contributed by atoms with van der Waals surface area (Å²) in [6.07, 6.45) is 3.43. The molecule has 1 atom stereocenters. The molecule has 29 heavy (non-hydrogen) atoms. The zero-order chi connectivity index (χ0) is 21.1. The summed E-state index contributed by atoms with van der Waals surface area (Å²) in [6.45, 7) is 5.67. The van der Waals surface area contributed by atoms with Crippen LogP contribution in [-0.2, 0) is 14.3 Å². The third kappa shape index (κ3) is 5.21. The molecule has 1 aromatic heterocycles. The van der Waals surface area contributed by atoms with Gasteiger partial charge in [-0.15, -0.1) is 23.1 Å². The predicted octanol–water partition coefficient (Wildman–Crippen LogP) is 5.41. The second-order valence-corrected chi connectivity index (χ2v) is 11.0. The predicted molar refractivity (Wildman–Crippen MR) is 120 cm³/mol. The minimum absolute atomic E-state index is 0.0194. The number of anilines is 1. The molecule has 1 aliphatic heterocycles. The highest BCUT2D eigenvalue weighted by Gasteiger charge is 2.38. The number of hydroxylamine groups is 1. The van der Waals surface area contributed by atoms with E-state index in [1.807, 2.05) is 56.8 Å². The maximum Gasteiger partial charge on any atom is 0.245 e. The van der Waals surface area contributed by atoms with Gasteiger partial charge in [-0.3, -0.25) is 14.8 Å². The first-order valence-electron chi connectivity index (χ1n) is 9.83. The number of nitrogens with one attached hydrogen (secondary N) is 2. The Kier molecular flexibility index (Phi) is 6.71. The number of amides is 2. The minimum Gasteiger partial charge on any atom is -0.326 e. The summed E-state index contributed by atoms with van der Waals surface area (Å²) in [4.78, 5) is 26.5. The average molecular weight is 433 g/mol. The van der Waals surface area contributed by atoms with Crippen LogP contribution < -0.4 is 10.8 Å². The van der Waals surface area contributed by atoms with E-state index in [2.05, 4.69) is 17.4 Å². The Morgan fingerprint density at radius 1 is 1.17 bits per heavy atom. The molecule has 3 rings (SSSR count). The van der Waals surface area contributed by atoms with Crippen molar-refractivity contribution in [3.63, 3.8) is 0 Å². The van der Waals surface area contributed by atoms with Crippen LogP contribution in [0.1, 0.15) is 51.3 Å². The van der Waals surface area contributed by atoms with Gasteiger partial charge in [0.15, 0.2) is 0 Å². The summed E-state index contributed by atoms with van der Waals surface area (Å²) in [7, 11) is 0. The van der Waals surface area contributed by atoms with Crippen molar-refractivity contribution in [3.05, 3.63) is 41.3 Å². The van der Waals surface area contributed by atoms with Gasteiger partial charge in [-0.25, -0.2) is 5.48 Å². The first-order chi connectivity index (χ1) is 13.7. The third-order valence-electron chi connectivity index (χ3n) is 5.07. The van der Waals surface area contributed by atoms with Crippen LogP contribution in [0.4, 0.5) is 5.69 Å². The van der Waals surface area contributed by atoms with Crippen molar-refractivity contribution in [2.24, 2.45) is 5.41 Å². The maximum atomic E-state index is 12.3. The Bertz CT molecular complexity index is 880. The van der Waals surface area contributed by atoms with E-state index in [-0.39, 0.29) is 23.0 Å². The van der Waals surface area contributed by atoms with Crippen molar-refractivity contribution in [1.29, 1.82) is 0 Å². The smallest absolute Gasteiger partial charge is 0.245 e. The standard InChI is InChI=1S/C22H28N2O3S2/c1-21(2,3)20(26)23-16-8-6-7-15(13-16)17-9-10-18(29-17)22(14-19(25)24-27)11-4-5-12-28-22/h6-10,13,27H,4-5,11-12,14H2,1-3H3,(H,23,26)(H,24,25)/t22-/m0/s1. The summed E-state index contributed by atoms with van der Waals surface area (Å²) < 4.78 is -0.286. The van der Waals surface area contributed by atoms with Gasteiger partial charge in [0.25, 0.3) is 0 Å². The number of rotatable bonds is 5. The monoisotopic (exact) mass is 432 g/mol. The van der Waals surface area contributed by atoms with Gasteiger partial charge in [-0.1, -0.05) is 39.3 Å². The SMILES string of the molecule is CC(C)(C)C(=O)Nc1cccc(-c2ccc([C@@]3(CC(=O)NO)CCCCS3)s2)c1. The highest BCUT2D eigenvalue weighted by atomic mass is 32.2. The van der Waals surface area contributed by atoms with Crippen LogP contribution in [0.25, 0.3) is 10.4 Å². The highest BCUT2D eigenvalue weighted by Crippen LogP contribution is 2.50. The second kappa shape index (κ2) is 8.90. The number of carbonyl (C=O) groups is 2. The lowest BCUT2D eigenvalue weighted by molar-refractivity contribution is -0.130. The Morgan fingerprint density at radius 2 is 1.97 bits per heavy atom. The van der Waals surface area contributed by atoms with Gasteiger partial charge in [-0.05, 0) is 48.4 Å². The Morgan fingerprint density at radius 3 is 2.62 bits per heavy atom. The average Bonchev–Trinajstić information content (AvgIpc) is 3.19. The van der Waals surface area contributed by atoms with Crippen molar-refractivity contribution < 1.29 is 14.8 Å². The fourth-order valence-electron chi connectivity index (χ4n) is 3.38. The molecule has 1 saturated heterocycles. The molecule has 1 aromatic carbocycles. The van der Waals surface area contributed by atoms with Gasteiger partial charge in [0.2, 0.25) is 11.8 Å². The lowest BCUT2D eigenvalue weighted by Crippen LogP contribution is -2.32. The van der Waals surface area contributed by atoms with E-state index in [1.165, 1.54) is 0 Å². The fourth-order valence-corrected chi connectivity index (χ4v) is 6.27. The van der Waals surface area contributed by atoms with Gasteiger partial charge in [0.05, 0.1) is 4.75 Å². The van der Waals surface area contributed by atoms with Crippen LogP contribution in [-0.4, -0.2) is 22.8 Å². The van der Waals surface area contributed by atoms with E-state index >= 15 is 0 Å². The number of thiophene rings is 1.